The van der Waals surface area contributed by atoms with Gasteiger partial charge in [0.05, 0.1) is 11.8 Å². The van der Waals surface area contributed by atoms with E-state index in [4.69, 9.17) is 9.26 Å². The number of amides is 1. The zero-order chi connectivity index (χ0) is 18.5. The van der Waals surface area contributed by atoms with Gasteiger partial charge in [-0.05, 0) is 44.6 Å². The quantitative estimate of drug-likeness (QED) is 0.797. The van der Waals surface area contributed by atoms with E-state index < -0.39 is 0 Å². The number of benzene rings is 1. The molecule has 1 aliphatic heterocycles. The maximum atomic E-state index is 12.7. The van der Waals surface area contributed by atoms with Gasteiger partial charge >= 0.3 is 0 Å². The minimum absolute atomic E-state index is 0.0898. The van der Waals surface area contributed by atoms with Crippen molar-refractivity contribution < 1.29 is 14.1 Å². The minimum Gasteiger partial charge on any atom is -0.379 e. The topological polar surface area (TPSA) is 55.6 Å². The number of carbonyl (C=O) groups excluding carboxylic acids is 1. The van der Waals surface area contributed by atoms with Gasteiger partial charge in [-0.2, -0.15) is 0 Å². The van der Waals surface area contributed by atoms with Crippen LogP contribution in [0, 0.1) is 19.8 Å². The standard InChI is InChI=1S/C21H28N2O3/c1-15-19(16(2)26-22-15)9-10-21(24)23-12-11-18(20(14-23)25-3)13-17-7-5-4-6-8-17/h4-8,18,20H,9-14H2,1-3H3/t18-,20-/m1/s1. The number of aryl methyl sites for hydroxylation is 2. The van der Waals surface area contributed by atoms with Crippen LogP contribution in [0.4, 0.5) is 0 Å². The van der Waals surface area contributed by atoms with Crippen molar-refractivity contribution in [1.82, 2.24) is 10.1 Å². The highest BCUT2D eigenvalue weighted by Crippen LogP contribution is 2.25. The average molecular weight is 356 g/mol. The van der Waals surface area contributed by atoms with Crippen LogP contribution in [0.25, 0.3) is 0 Å². The van der Waals surface area contributed by atoms with E-state index in [0.29, 0.717) is 25.3 Å². The van der Waals surface area contributed by atoms with Crippen molar-refractivity contribution in [3.63, 3.8) is 0 Å². The normalized spacial score (nSPS) is 20.3. The summed E-state index contributed by atoms with van der Waals surface area (Å²) in [7, 11) is 1.75. The number of nitrogens with zero attached hydrogens (tertiary/aromatic N) is 2. The van der Waals surface area contributed by atoms with Gasteiger partial charge < -0.3 is 14.2 Å². The second-order valence-electron chi connectivity index (χ2n) is 7.16. The average Bonchev–Trinajstić information content (AvgIpc) is 2.98. The molecule has 0 unspecified atom stereocenters. The molecule has 0 radical (unpaired) electrons. The highest BCUT2D eigenvalue weighted by atomic mass is 16.5. The van der Waals surface area contributed by atoms with Crippen molar-refractivity contribution in [2.75, 3.05) is 20.2 Å². The summed E-state index contributed by atoms with van der Waals surface area (Å²) in [4.78, 5) is 14.6. The van der Waals surface area contributed by atoms with Crippen LogP contribution < -0.4 is 0 Å². The van der Waals surface area contributed by atoms with Crippen LogP contribution in [0.3, 0.4) is 0 Å². The fraction of sp³-hybridized carbons (Fsp3) is 0.524. The number of ether oxygens (including phenoxy) is 1. The van der Waals surface area contributed by atoms with E-state index in [-0.39, 0.29) is 12.0 Å². The second-order valence-corrected chi connectivity index (χ2v) is 7.16. The van der Waals surface area contributed by atoms with E-state index in [9.17, 15) is 4.79 Å². The maximum Gasteiger partial charge on any atom is 0.222 e. The number of methoxy groups -OCH3 is 1. The van der Waals surface area contributed by atoms with Crippen LogP contribution >= 0.6 is 0 Å². The molecular weight excluding hydrogens is 328 g/mol. The van der Waals surface area contributed by atoms with Crippen LogP contribution in [0.1, 0.15) is 35.4 Å². The van der Waals surface area contributed by atoms with Gasteiger partial charge in [0.15, 0.2) is 0 Å². The predicted molar refractivity (Wildman–Crippen MR) is 99.9 cm³/mol. The molecule has 0 spiro atoms. The summed E-state index contributed by atoms with van der Waals surface area (Å²) in [5.74, 6) is 1.45. The molecule has 3 rings (SSSR count). The van der Waals surface area contributed by atoms with Crippen LogP contribution in [-0.2, 0) is 22.4 Å². The van der Waals surface area contributed by atoms with Gasteiger partial charge in [-0.3, -0.25) is 4.79 Å². The molecule has 1 aromatic heterocycles. The highest BCUT2D eigenvalue weighted by molar-refractivity contribution is 5.76. The third kappa shape index (κ3) is 4.33. The maximum absolute atomic E-state index is 12.7. The molecule has 140 valence electrons. The third-order valence-corrected chi connectivity index (χ3v) is 5.46. The highest BCUT2D eigenvalue weighted by Gasteiger charge is 2.31. The number of hydrogen-bond acceptors (Lipinski definition) is 4. The molecule has 1 fully saturated rings. The van der Waals surface area contributed by atoms with Gasteiger partial charge in [0.25, 0.3) is 0 Å². The number of hydrogen-bond donors (Lipinski definition) is 0. The number of rotatable bonds is 6. The Bertz CT molecular complexity index is 707. The van der Waals surface area contributed by atoms with Gasteiger partial charge in [0.1, 0.15) is 5.76 Å². The number of carbonyl (C=O) groups is 1. The van der Waals surface area contributed by atoms with Gasteiger partial charge in [-0.25, -0.2) is 0 Å². The zero-order valence-corrected chi connectivity index (χ0v) is 15.9. The van der Waals surface area contributed by atoms with Crippen molar-refractivity contribution in [1.29, 1.82) is 0 Å². The molecule has 2 aromatic rings. The number of likely N-dealkylation sites (tertiary alicyclic amines) is 1. The summed E-state index contributed by atoms with van der Waals surface area (Å²) >= 11 is 0. The summed E-state index contributed by atoms with van der Waals surface area (Å²) in [6, 6.07) is 10.5. The van der Waals surface area contributed by atoms with Crippen molar-refractivity contribution >= 4 is 5.91 Å². The van der Waals surface area contributed by atoms with Gasteiger partial charge in [-0.15, -0.1) is 0 Å². The summed E-state index contributed by atoms with van der Waals surface area (Å²) < 4.78 is 10.9. The first-order valence-electron chi connectivity index (χ1n) is 9.34. The Kier molecular flexibility index (Phi) is 6.09. The molecule has 0 aliphatic carbocycles. The summed E-state index contributed by atoms with van der Waals surface area (Å²) in [5.41, 5.74) is 3.27. The molecule has 0 N–H and O–H groups in total. The van der Waals surface area contributed by atoms with Crippen molar-refractivity contribution in [2.45, 2.75) is 45.6 Å². The monoisotopic (exact) mass is 356 g/mol. The largest absolute Gasteiger partial charge is 0.379 e. The van der Waals surface area contributed by atoms with Gasteiger partial charge in [-0.1, -0.05) is 35.5 Å². The lowest BCUT2D eigenvalue weighted by Gasteiger charge is -2.38. The van der Waals surface area contributed by atoms with Crippen molar-refractivity contribution in [3.8, 4) is 0 Å². The Labute approximate surface area is 155 Å². The van der Waals surface area contributed by atoms with Crippen LogP contribution in [0.5, 0.6) is 0 Å². The Morgan fingerprint density at radius 3 is 2.73 bits per heavy atom. The Hall–Kier alpha value is -2.14. The molecule has 5 nitrogen and oxygen atoms in total. The smallest absolute Gasteiger partial charge is 0.222 e. The van der Waals surface area contributed by atoms with Gasteiger partial charge in [0.2, 0.25) is 5.91 Å². The first-order valence-corrected chi connectivity index (χ1v) is 9.34. The molecule has 1 aliphatic rings. The Morgan fingerprint density at radius 2 is 2.08 bits per heavy atom. The van der Waals surface area contributed by atoms with E-state index >= 15 is 0 Å². The van der Waals surface area contributed by atoms with E-state index in [1.165, 1.54) is 5.56 Å². The minimum atomic E-state index is 0.0898. The lowest BCUT2D eigenvalue weighted by molar-refractivity contribution is -0.136. The lowest BCUT2D eigenvalue weighted by atomic mass is 9.87. The van der Waals surface area contributed by atoms with Crippen molar-refractivity contribution in [2.24, 2.45) is 5.92 Å². The Balaban J connectivity index is 1.55. The fourth-order valence-corrected chi connectivity index (χ4v) is 3.86. The SMILES string of the molecule is CO[C@@H]1CN(C(=O)CCc2c(C)noc2C)CC[C@@H]1Cc1ccccc1. The Morgan fingerprint density at radius 1 is 1.31 bits per heavy atom. The first kappa shape index (κ1) is 18.6. The van der Waals surface area contributed by atoms with Crippen LogP contribution in [-0.4, -0.2) is 42.3 Å². The lowest BCUT2D eigenvalue weighted by Crippen LogP contribution is -2.48. The van der Waals surface area contributed by atoms with Crippen molar-refractivity contribution in [3.05, 3.63) is 52.9 Å². The molecular formula is C21H28N2O3. The summed E-state index contributed by atoms with van der Waals surface area (Å²) in [5, 5.41) is 3.96. The summed E-state index contributed by atoms with van der Waals surface area (Å²) in [6.45, 7) is 5.30. The molecule has 5 heteroatoms. The second kappa shape index (κ2) is 8.49. The predicted octanol–water partition coefficient (Wildman–Crippen LogP) is 3.33. The molecule has 26 heavy (non-hydrogen) atoms. The zero-order valence-electron chi connectivity index (χ0n) is 15.9. The molecule has 0 bridgehead atoms. The fourth-order valence-electron chi connectivity index (χ4n) is 3.86. The number of aromatic nitrogens is 1. The third-order valence-electron chi connectivity index (χ3n) is 5.46. The van der Waals surface area contributed by atoms with Gasteiger partial charge in [0, 0.05) is 32.2 Å². The van der Waals surface area contributed by atoms with E-state index in [0.717, 1.165) is 36.4 Å². The van der Waals surface area contributed by atoms with E-state index in [2.05, 4.69) is 29.4 Å². The molecule has 2 heterocycles. The molecule has 0 saturated carbocycles. The first-order chi connectivity index (χ1) is 12.6. The van der Waals surface area contributed by atoms with E-state index in [1.54, 1.807) is 7.11 Å². The van der Waals surface area contributed by atoms with E-state index in [1.807, 2.05) is 24.8 Å². The molecule has 1 aromatic carbocycles. The molecule has 1 saturated heterocycles. The number of piperidine rings is 1. The molecule has 2 atom stereocenters. The van der Waals surface area contributed by atoms with Crippen LogP contribution in [0.15, 0.2) is 34.9 Å². The summed E-state index contributed by atoms with van der Waals surface area (Å²) in [6.07, 6.45) is 3.24. The van der Waals surface area contributed by atoms with Crippen LogP contribution in [0.2, 0.25) is 0 Å². The molecule has 1 amide bonds.